The zero-order valence-corrected chi connectivity index (χ0v) is 15.0. The number of carbonyl (C=O) groups excluding carboxylic acids is 1. The quantitative estimate of drug-likeness (QED) is 0.736. The van der Waals surface area contributed by atoms with Gasteiger partial charge in [-0.25, -0.2) is 9.67 Å². The van der Waals surface area contributed by atoms with Crippen molar-refractivity contribution in [1.29, 1.82) is 0 Å². The van der Waals surface area contributed by atoms with Gasteiger partial charge in [0.05, 0.1) is 17.1 Å². The number of hydrogen-bond acceptors (Lipinski definition) is 5. The number of nitrogens with one attached hydrogen (secondary N) is 1. The number of benzene rings is 1. The molecule has 1 aromatic carbocycles. The van der Waals surface area contributed by atoms with E-state index < -0.39 is 0 Å². The van der Waals surface area contributed by atoms with Crippen LogP contribution < -0.4 is 5.32 Å². The highest BCUT2D eigenvalue weighted by atomic mass is 79.9. The largest absolute Gasteiger partial charge is 0.296 e. The van der Waals surface area contributed by atoms with Crippen molar-refractivity contribution < 1.29 is 4.79 Å². The molecule has 0 aliphatic heterocycles. The first-order valence-corrected chi connectivity index (χ1v) is 8.70. The number of rotatable bonds is 4. The highest BCUT2D eigenvalue weighted by Crippen LogP contribution is 2.22. The summed E-state index contributed by atoms with van der Waals surface area (Å²) >= 11 is 4.88. The first-order valence-electron chi connectivity index (χ1n) is 7.03. The van der Waals surface area contributed by atoms with Gasteiger partial charge in [-0.1, -0.05) is 24.3 Å². The molecule has 23 heavy (non-hydrogen) atoms. The second-order valence-electron chi connectivity index (χ2n) is 4.84. The number of thiazole rings is 1. The van der Waals surface area contributed by atoms with Gasteiger partial charge in [-0.05, 0) is 41.4 Å². The van der Waals surface area contributed by atoms with E-state index in [-0.39, 0.29) is 11.6 Å². The Bertz CT molecular complexity index is 857. The molecule has 2 heterocycles. The number of hydrogen-bond donors (Lipinski definition) is 1. The third kappa shape index (κ3) is 3.18. The smallest absolute Gasteiger partial charge is 0.279 e. The van der Waals surface area contributed by atoms with Gasteiger partial charge in [0.2, 0.25) is 0 Å². The summed E-state index contributed by atoms with van der Waals surface area (Å²) in [5.74, 6) is -0.308. The Balaban J connectivity index is 1.87. The monoisotopic (exact) mass is 391 g/mol. The Morgan fingerprint density at radius 1 is 1.39 bits per heavy atom. The summed E-state index contributed by atoms with van der Waals surface area (Å²) in [5, 5.41) is 13.4. The van der Waals surface area contributed by atoms with Crippen molar-refractivity contribution in [2.45, 2.75) is 20.3 Å². The molecule has 1 amide bonds. The molecule has 6 nitrogen and oxygen atoms in total. The van der Waals surface area contributed by atoms with Crippen molar-refractivity contribution >= 4 is 38.3 Å². The summed E-state index contributed by atoms with van der Waals surface area (Å²) in [6.07, 6.45) is 0.837. The fourth-order valence-electron chi connectivity index (χ4n) is 2.07. The van der Waals surface area contributed by atoms with Crippen molar-refractivity contribution in [2.24, 2.45) is 0 Å². The Labute approximate surface area is 145 Å². The average Bonchev–Trinajstić information content (AvgIpc) is 3.14. The van der Waals surface area contributed by atoms with E-state index in [1.807, 2.05) is 43.5 Å². The lowest BCUT2D eigenvalue weighted by atomic mass is 10.3. The standard InChI is InChI=1S/C15H14BrN5OS/c1-3-10-8-23-15(17-10)18-14(22)13-9(2)21(20-19-13)12-7-5-4-6-11(12)16/h4-8H,3H2,1-2H3,(H,17,18,22). The van der Waals surface area contributed by atoms with Crippen LogP contribution in [0.1, 0.15) is 28.8 Å². The molecule has 0 spiro atoms. The molecule has 0 atom stereocenters. The summed E-state index contributed by atoms with van der Waals surface area (Å²) in [6.45, 7) is 3.84. The number of amides is 1. The van der Waals surface area contributed by atoms with Gasteiger partial charge in [-0.2, -0.15) is 0 Å². The molecule has 0 unspecified atom stereocenters. The summed E-state index contributed by atoms with van der Waals surface area (Å²) < 4.78 is 2.52. The molecule has 3 aromatic rings. The normalized spacial score (nSPS) is 10.7. The Kier molecular flexibility index (Phi) is 4.53. The first-order chi connectivity index (χ1) is 11.1. The minimum absolute atomic E-state index is 0.286. The minimum Gasteiger partial charge on any atom is -0.296 e. The highest BCUT2D eigenvalue weighted by Gasteiger charge is 2.19. The van der Waals surface area contributed by atoms with E-state index >= 15 is 0 Å². The molecule has 0 aliphatic carbocycles. The maximum atomic E-state index is 12.4. The van der Waals surface area contributed by atoms with Crippen molar-refractivity contribution in [3.8, 4) is 5.69 Å². The zero-order chi connectivity index (χ0) is 16.4. The Morgan fingerprint density at radius 2 is 2.17 bits per heavy atom. The molecule has 2 aromatic heterocycles. The lowest BCUT2D eigenvalue weighted by molar-refractivity contribution is 0.102. The van der Waals surface area contributed by atoms with Gasteiger partial charge in [0.25, 0.3) is 5.91 Å². The number of anilines is 1. The zero-order valence-electron chi connectivity index (χ0n) is 12.6. The third-order valence-electron chi connectivity index (χ3n) is 3.32. The molecule has 0 fully saturated rings. The number of para-hydroxylation sites is 1. The number of carbonyl (C=O) groups is 1. The van der Waals surface area contributed by atoms with Crippen LogP contribution in [0.4, 0.5) is 5.13 Å². The van der Waals surface area contributed by atoms with Crippen LogP contribution in [0, 0.1) is 6.92 Å². The van der Waals surface area contributed by atoms with Crippen molar-refractivity contribution in [1.82, 2.24) is 20.0 Å². The van der Waals surface area contributed by atoms with E-state index in [0.717, 1.165) is 22.3 Å². The molecule has 1 N–H and O–H groups in total. The lowest BCUT2D eigenvalue weighted by Crippen LogP contribution is -2.14. The van der Waals surface area contributed by atoms with Crippen LogP contribution in [0.25, 0.3) is 5.69 Å². The van der Waals surface area contributed by atoms with Crippen molar-refractivity contribution in [3.63, 3.8) is 0 Å². The maximum absolute atomic E-state index is 12.4. The van der Waals surface area contributed by atoms with Gasteiger partial charge in [0, 0.05) is 9.85 Å². The molecule has 0 saturated heterocycles. The van der Waals surface area contributed by atoms with Crippen LogP contribution in [0.5, 0.6) is 0 Å². The van der Waals surface area contributed by atoms with Crippen LogP contribution in [0.15, 0.2) is 34.1 Å². The predicted octanol–water partition coefficient (Wildman–Crippen LogP) is 3.61. The molecule has 118 valence electrons. The summed E-state index contributed by atoms with van der Waals surface area (Å²) in [5.41, 5.74) is 2.74. The molecule has 8 heteroatoms. The van der Waals surface area contributed by atoms with Crippen molar-refractivity contribution in [3.05, 3.63) is 51.2 Å². The van der Waals surface area contributed by atoms with E-state index in [1.165, 1.54) is 11.3 Å². The molecule has 0 bridgehead atoms. The average molecular weight is 392 g/mol. The minimum atomic E-state index is -0.308. The van der Waals surface area contributed by atoms with E-state index in [0.29, 0.717) is 10.8 Å². The van der Waals surface area contributed by atoms with Crippen LogP contribution in [0.3, 0.4) is 0 Å². The fourth-order valence-corrected chi connectivity index (χ4v) is 3.32. The van der Waals surface area contributed by atoms with E-state index in [1.54, 1.807) is 4.68 Å². The Morgan fingerprint density at radius 3 is 2.87 bits per heavy atom. The third-order valence-corrected chi connectivity index (χ3v) is 4.80. The van der Waals surface area contributed by atoms with Gasteiger partial charge >= 0.3 is 0 Å². The molecule has 0 saturated carbocycles. The number of aromatic nitrogens is 4. The van der Waals surface area contributed by atoms with Crippen LogP contribution >= 0.6 is 27.3 Å². The molecule has 0 radical (unpaired) electrons. The predicted molar refractivity (Wildman–Crippen MR) is 93.2 cm³/mol. The number of halogens is 1. The topological polar surface area (TPSA) is 72.7 Å². The van der Waals surface area contributed by atoms with Gasteiger partial charge in [-0.3, -0.25) is 10.1 Å². The van der Waals surface area contributed by atoms with Crippen molar-refractivity contribution in [2.75, 3.05) is 5.32 Å². The van der Waals surface area contributed by atoms with Crippen LogP contribution in [0.2, 0.25) is 0 Å². The fraction of sp³-hybridized carbons (Fsp3) is 0.200. The number of aryl methyl sites for hydroxylation is 1. The van der Waals surface area contributed by atoms with Gasteiger partial charge in [-0.15, -0.1) is 16.4 Å². The van der Waals surface area contributed by atoms with E-state index in [4.69, 9.17) is 0 Å². The van der Waals surface area contributed by atoms with E-state index in [9.17, 15) is 4.79 Å². The summed E-state index contributed by atoms with van der Waals surface area (Å²) in [7, 11) is 0. The van der Waals surface area contributed by atoms with Gasteiger partial charge < -0.3 is 0 Å². The highest BCUT2D eigenvalue weighted by molar-refractivity contribution is 9.10. The first kappa shape index (κ1) is 15.8. The lowest BCUT2D eigenvalue weighted by Gasteiger charge is -2.05. The summed E-state index contributed by atoms with van der Waals surface area (Å²) in [6, 6.07) is 7.64. The second-order valence-corrected chi connectivity index (χ2v) is 6.55. The van der Waals surface area contributed by atoms with Crippen LogP contribution in [-0.2, 0) is 6.42 Å². The second kappa shape index (κ2) is 6.59. The molecular formula is C15H14BrN5OS. The molecule has 0 aliphatic rings. The molecule has 3 rings (SSSR count). The van der Waals surface area contributed by atoms with Crippen LogP contribution in [-0.4, -0.2) is 25.9 Å². The van der Waals surface area contributed by atoms with Gasteiger partial charge in [0.1, 0.15) is 0 Å². The van der Waals surface area contributed by atoms with E-state index in [2.05, 4.69) is 36.5 Å². The summed E-state index contributed by atoms with van der Waals surface area (Å²) in [4.78, 5) is 16.7. The van der Waals surface area contributed by atoms with Gasteiger partial charge in [0.15, 0.2) is 10.8 Å². The number of nitrogens with zero attached hydrogens (tertiary/aromatic N) is 4. The SMILES string of the molecule is CCc1csc(NC(=O)c2nnn(-c3ccccc3Br)c2C)n1. The maximum Gasteiger partial charge on any atom is 0.279 e. The molecular weight excluding hydrogens is 378 g/mol. The Hall–Kier alpha value is -2.06.